The maximum absolute atomic E-state index is 12.4. The third-order valence-electron chi connectivity index (χ3n) is 4.29. The van der Waals surface area contributed by atoms with E-state index in [1.54, 1.807) is 12.2 Å². The third-order valence-corrected chi connectivity index (χ3v) is 4.29. The first-order chi connectivity index (χ1) is 11.3. The third kappa shape index (κ3) is 5.95. The van der Waals surface area contributed by atoms with Crippen LogP contribution in [0.2, 0.25) is 0 Å². The first kappa shape index (κ1) is 20.1. The van der Waals surface area contributed by atoms with Gasteiger partial charge < -0.3 is 15.4 Å². The number of aliphatic hydroxyl groups is 1. The van der Waals surface area contributed by atoms with Crippen molar-refractivity contribution < 1.29 is 9.90 Å². The highest BCUT2D eigenvalue weighted by molar-refractivity contribution is 5.94. The number of hydrogen-bond donors (Lipinski definition) is 2. The van der Waals surface area contributed by atoms with E-state index in [1.807, 2.05) is 36.7 Å². The fraction of sp³-hybridized carbons (Fsp3) is 0.450. The molecule has 0 aromatic carbocycles. The summed E-state index contributed by atoms with van der Waals surface area (Å²) >= 11 is 0. The molecule has 0 unspecified atom stereocenters. The number of rotatable bonds is 11. The molecule has 0 fully saturated rings. The molecule has 0 aliphatic heterocycles. The van der Waals surface area contributed by atoms with E-state index in [-0.39, 0.29) is 12.4 Å². The van der Waals surface area contributed by atoms with E-state index >= 15 is 0 Å². The molecule has 132 valence electrons. The summed E-state index contributed by atoms with van der Waals surface area (Å²) in [7, 11) is 1.90. The molecule has 1 heterocycles. The van der Waals surface area contributed by atoms with Gasteiger partial charge in [-0.25, -0.2) is 0 Å². The average Bonchev–Trinajstić information content (AvgIpc) is 2.93. The van der Waals surface area contributed by atoms with Gasteiger partial charge in [-0.1, -0.05) is 31.4 Å². The molecule has 0 amide bonds. The molecular weight excluding hydrogens is 300 g/mol. The van der Waals surface area contributed by atoms with Gasteiger partial charge in [-0.05, 0) is 50.3 Å². The minimum atomic E-state index is -0.590. The Morgan fingerprint density at radius 2 is 2.08 bits per heavy atom. The Morgan fingerprint density at radius 1 is 1.38 bits per heavy atom. The van der Waals surface area contributed by atoms with Crippen molar-refractivity contribution in [2.45, 2.75) is 44.6 Å². The van der Waals surface area contributed by atoms with Crippen molar-refractivity contribution in [3.8, 4) is 0 Å². The summed E-state index contributed by atoms with van der Waals surface area (Å²) in [5.41, 5.74) is 8.25. The minimum absolute atomic E-state index is 0.0485. The van der Waals surface area contributed by atoms with Crippen molar-refractivity contribution >= 4 is 5.78 Å². The lowest BCUT2D eigenvalue weighted by molar-refractivity contribution is 0.0972. The number of ketones is 1. The van der Waals surface area contributed by atoms with E-state index in [0.717, 1.165) is 36.2 Å². The molecule has 0 bridgehead atoms. The van der Waals surface area contributed by atoms with Crippen LogP contribution < -0.4 is 5.73 Å². The van der Waals surface area contributed by atoms with Crippen molar-refractivity contribution in [3.63, 3.8) is 0 Å². The second-order valence-corrected chi connectivity index (χ2v) is 6.54. The fourth-order valence-electron chi connectivity index (χ4n) is 2.56. The van der Waals surface area contributed by atoms with Gasteiger partial charge in [-0.15, -0.1) is 0 Å². The predicted molar refractivity (Wildman–Crippen MR) is 100 cm³/mol. The summed E-state index contributed by atoms with van der Waals surface area (Å²) < 4.78 is 1.93. The van der Waals surface area contributed by atoms with Crippen molar-refractivity contribution in [2.75, 3.05) is 6.61 Å². The normalized spacial score (nSPS) is 14.2. The summed E-state index contributed by atoms with van der Waals surface area (Å²) in [5.74, 6) is 0.142. The second kappa shape index (κ2) is 9.40. The van der Waals surface area contributed by atoms with Crippen LogP contribution in [0.25, 0.3) is 0 Å². The quantitative estimate of drug-likeness (QED) is 0.483. The molecule has 3 N–H and O–H groups in total. The summed E-state index contributed by atoms with van der Waals surface area (Å²) in [6.45, 7) is 9.22. The molecule has 0 aliphatic rings. The van der Waals surface area contributed by atoms with Gasteiger partial charge in [-0.3, -0.25) is 4.79 Å². The van der Waals surface area contributed by atoms with Crippen LogP contribution in [-0.4, -0.2) is 27.6 Å². The van der Waals surface area contributed by atoms with Crippen LogP contribution in [0.5, 0.6) is 0 Å². The minimum Gasteiger partial charge on any atom is -0.394 e. The number of aliphatic hydroxyl groups excluding tert-OH is 1. The molecule has 1 rings (SSSR count). The summed E-state index contributed by atoms with van der Waals surface area (Å²) in [6.07, 6.45) is 8.98. The first-order valence-electron chi connectivity index (χ1n) is 8.36. The number of carbonyl (C=O) groups is 1. The van der Waals surface area contributed by atoms with E-state index in [2.05, 4.69) is 13.2 Å². The topological polar surface area (TPSA) is 68.2 Å². The second-order valence-electron chi connectivity index (χ2n) is 6.54. The number of Topliss-reactive ketones (excluding diaryl/α,β-unsaturated/α-hetero) is 1. The standard InChI is InChI=1S/C20H30N2O2/c1-5-8-16(6-2)9-7-10-19(24)18-12-11-17(22(18)4)13-14-20(3,21)15-23/h5-6,8,11-12,23H,1-2,7,9-10,13-15,21H2,3-4H3/b16-8+/t20-/m1/s1. The van der Waals surface area contributed by atoms with Gasteiger partial charge in [0.25, 0.3) is 0 Å². The van der Waals surface area contributed by atoms with E-state index in [9.17, 15) is 9.90 Å². The highest BCUT2D eigenvalue weighted by atomic mass is 16.3. The van der Waals surface area contributed by atoms with Gasteiger partial charge in [0.2, 0.25) is 0 Å². The number of aryl methyl sites for hydroxylation is 1. The van der Waals surface area contributed by atoms with Crippen molar-refractivity contribution in [2.24, 2.45) is 12.8 Å². The molecule has 0 saturated carbocycles. The maximum atomic E-state index is 12.4. The Labute approximate surface area is 145 Å². The summed E-state index contributed by atoms with van der Waals surface area (Å²) in [5, 5.41) is 9.23. The number of nitrogens with two attached hydrogens (primary N) is 1. The molecule has 24 heavy (non-hydrogen) atoms. The molecule has 0 saturated heterocycles. The van der Waals surface area contributed by atoms with E-state index in [1.165, 1.54) is 0 Å². The molecule has 4 heteroatoms. The number of hydrogen-bond acceptors (Lipinski definition) is 3. The van der Waals surface area contributed by atoms with Gasteiger partial charge in [0.05, 0.1) is 12.3 Å². The monoisotopic (exact) mass is 330 g/mol. The summed E-state index contributed by atoms with van der Waals surface area (Å²) in [4.78, 5) is 12.4. The first-order valence-corrected chi connectivity index (χ1v) is 8.36. The van der Waals surface area contributed by atoms with Crippen LogP contribution in [-0.2, 0) is 13.5 Å². The highest BCUT2D eigenvalue weighted by Crippen LogP contribution is 2.17. The Bertz CT molecular complexity index is 609. The van der Waals surface area contributed by atoms with Gasteiger partial charge in [-0.2, -0.15) is 0 Å². The Balaban J connectivity index is 2.61. The van der Waals surface area contributed by atoms with Crippen LogP contribution >= 0.6 is 0 Å². The van der Waals surface area contributed by atoms with Crippen LogP contribution in [0.3, 0.4) is 0 Å². The van der Waals surface area contributed by atoms with Crippen molar-refractivity contribution in [1.82, 2.24) is 4.57 Å². The lowest BCUT2D eigenvalue weighted by Crippen LogP contribution is -2.40. The molecular formula is C20H30N2O2. The largest absolute Gasteiger partial charge is 0.394 e. The van der Waals surface area contributed by atoms with E-state index < -0.39 is 5.54 Å². The molecule has 0 spiro atoms. The van der Waals surface area contributed by atoms with E-state index in [0.29, 0.717) is 12.8 Å². The highest BCUT2D eigenvalue weighted by Gasteiger charge is 2.19. The van der Waals surface area contributed by atoms with Gasteiger partial charge in [0, 0.05) is 24.7 Å². The molecule has 4 nitrogen and oxygen atoms in total. The molecule has 0 radical (unpaired) electrons. The zero-order valence-electron chi connectivity index (χ0n) is 14.9. The molecule has 1 atom stereocenters. The van der Waals surface area contributed by atoms with Crippen LogP contribution in [0.15, 0.2) is 49.1 Å². The van der Waals surface area contributed by atoms with Crippen LogP contribution in [0, 0.1) is 0 Å². The van der Waals surface area contributed by atoms with Gasteiger partial charge in [0.15, 0.2) is 5.78 Å². The lowest BCUT2D eigenvalue weighted by Gasteiger charge is -2.21. The van der Waals surface area contributed by atoms with Crippen LogP contribution in [0.4, 0.5) is 0 Å². The fourth-order valence-corrected chi connectivity index (χ4v) is 2.56. The average molecular weight is 330 g/mol. The van der Waals surface area contributed by atoms with Gasteiger partial charge >= 0.3 is 0 Å². The van der Waals surface area contributed by atoms with Crippen molar-refractivity contribution in [3.05, 3.63) is 60.5 Å². The number of allylic oxidation sites excluding steroid dienone is 4. The molecule has 1 aromatic heterocycles. The Morgan fingerprint density at radius 3 is 2.67 bits per heavy atom. The SMILES string of the molecule is C=C/C=C(\C=C)CCCC(=O)c1ccc(CC[C@@](C)(N)CO)n1C. The Hall–Kier alpha value is -1.91. The zero-order chi connectivity index (χ0) is 18.2. The Kier molecular flexibility index (Phi) is 7.89. The number of aromatic nitrogens is 1. The predicted octanol–water partition coefficient (Wildman–Crippen LogP) is 3.32. The van der Waals surface area contributed by atoms with Gasteiger partial charge in [0.1, 0.15) is 0 Å². The summed E-state index contributed by atoms with van der Waals surface area (Å²) in [6, 6.07) is 3.84. The molecule has 0 aliphatic carbocycles. The maximum Gasteiger partial charge on any atom is 0.179 e. The molecule has 1 aromatic rings. The zero-order valence-corrected chi connectivity index (χ0v) is 14.9. The van der Waals surface area contributed by atoms with Crippen LogP contribution in [0.1, 0.15) is 48.8 Å². The smallest absolute Gasteiger partial charge is 0.179 e. The number of carbonyl (C=O) groups excluding carboxylic acids is 1. The number of nitrogens with zero attached hydrogens (tertiary/aromatic N) is 1. The lowest BCUT2D eigenvalue weighted by atomic mass is 9.97. The van der Waals surface area contributed by atoms with E-state index in [4.69, 9.17) is 5.73 Å². The van der Waals surface area contributed by atoms with Crippen molar-refractivity contribution in [1.29, 1.82) is 0 Å².